The molecule has 3 aromatic carbocycles. The summed E-state index contributed by atoms with van der Waals surface area (Å²) in [6, 6.07) is 24.6. The summed E-state index contributed by atoms with van der Waals surface area (Å²) in [6.45, 7) is 5.51. The zero-order valence-corrected chi connectivity index (χ0v) is 15.3. The normalized spacial score (nSPS) is 10.8. The summed E-state index contributed by atoms with van der Waals surface area (Å²) in [6.07, 6.45) is 1.82. The van der Waals surface area contributed by atoms with E-state index in [2.05, 4.69) is 54.7 Å². The monoisotopic (exact) mass is 344 g/mol. The van der Waals surface area contributed by atoms with E-state index in [0.29, 0.717) is 13.2 Å². The highest BCUT2D eigenvalue weighted by molar-refractivity contribution is 5.79. The molecule has 1 N–H and O–H groups in total. The second-order valence-corrected chi connectivity index (χ2v) is 6.37. The largest absolute Gasteiger partial charge is 0.489 e. The van der Waals surface area contributed by atoms with Crippen LogP contribution in [0.2, 0.25) is 0 Å². The lowest BCUT2D eigenvalue weighted by molar-refractivity contribution is 0.305. The number of hydrogen-bond acceptors (Lipinski definition) is 3. The molecule has 132 valence electrons. The third-order valence-electron chi connectivity index (χ3n) is 4.21. The van der Waals surface area contributed by atoms with Crippen molar-refractivity contribution in [1.82, 2.24) is 5.43 Å². The van der Waals surface area contributed by atoms with Crippen molar-refractivity contribution in [2.45, 2.75) is 27.0 Å². The van der Waals surface area contributed by atoms with Gasteiger partial charge in [-0.2, -0.15) is 5.10 Å². The summed E-state index contributed by atoms with van der Waals surface area (Å²) in [4.78, 5) is 0. The first kappa shape index (κ1) is 17.7. The predicted octanol–water partition coefficient (Wildman–Crippen LogP) is 5.01. The Morgan fingerprint density at radius 2 is 1.69 bits per heavy atom. The molecule has 0 bridgehead atoms. The van der Waals surface area contributed by atoms with Crippen molar-refractivity contribution in [3.63, 3.8) is 0 Å². The number of hydrazone groups is 1. The summed E-state index contributed by atoms with van der Waals surface area (Å²) in [5.74, 6) is 0.861. The molecule has 3 heteroatoms. The summed E-state index contributed by atoms with van der Waals surface area (Å²) in [5, 5.41) is 4.27. The maximum absolute atomic E-state index is 5.91. The zero-order chi connectivity index (χ0) is 18.2. The van der Waals surface area contributed by atoms with Crippen LogP contribution < -0.4 is 10.2 Å². The van der Waals surface area contributed by atoms with Crippen molar-refractivity contribution < 1.29 is 4.74 Å². The van der Waals surface area contributed by atoms with Crippen LogP contribution in [0.15, 0.2) is 77.9 Å². The highest BCUT2D eigenvalue weighted by Crippen LogP contribution is 2.16. The van der Waals surface area contributed by atoms with Crippen molar-refractivity contribution >= 4 is 6.21 Å². The van der Waals surface area contributed by atoms with Crippen LogP contribution in [-0.4, -0.2) is 6.21 Å². The molecule has 0 heterocycles. The third-order valence-corrected chi connectivity index (χ3v) is 4.21. The molecule has 0 aromatic heterocycles. The van der Waals surface area contributed by atoms with Crippen molar-refractivity contribution in [1.29, 1.82) is 0 Å². The molecule has 3 nitrogen and oxygen atoms in total. The number of benzene rings is 3. The molecule has 3 aromatic rings. The molecule has 0 spiro atoms. The van der Waals surface area contributed by atoms with Gasteiger partial charge in [-0.25, -0.2) is 0 Å². The third kappa shape index (κ3) is 5.21. The van der Waals surface area contributed by atoms with Crippen molar-refractivity contribution in [3.05, 3.63) is 101 Å². The van der Waals surface area contributed by atoms with E-state index in [-0.39, 0.29) is 0 Å². The Balaban J connectivity index is 1.50. The van der Waals surface area contributed by atoms with Gasteiger partial charge in [0.2, 0.25) is 0 Å². The van der Waals surface area contributed by atoms with Crippen LogP contribution in [0.25, 0.3) is 0 Å². The first-order chi connectivity index (χ1) is 12.7. The van der Waals surface area contributed by atoms with Crippen molar-refractivity contribution in [2.75, 3.05) is 0 Å². The van der Waals surface area contributed by atoms with Gasteiger partial charge >= 0.3 is 0 Å². The average Bonchev–Trinajstić information content (AvgIpc) is 2.68. The lowest BCUT2D eigenvalue weighted by atomic mass is 10.1. The Morgan fingerprint density at radius 1 is 0.923 bits per heavy atom. The predicted molar refractivity (Wildman–Crippen MR) is 108 cm³/mol. The highest BCUT2D eigenvalue weighted by atomic mass is 16.5. The summed E-state index contributed by atoms with van der Waals surface area (Å²) < 4.78 is 5.91. The number of nitrogens with one attached hydrogen (secondary N) is 1. The van der Waals surface area contributed by atoms with E-state index in [1.54, 1.807) is 0 Å². The van der Waals surface area contributed by atoms with Crippen LogP contribution >= 0.6 is 0 Å². The van der Waals surface area contributed by atoms with Gasteiger partial charge in [-0.05, 0) is 60.4 Å². The molecule has 0 aliphatic heterocycles. The molecule has 26 heavy (non-hydrogen) atoms. The Hall–Kier alpha value is -3.07. The van der Waals surface area contributed by atoms with Crippen LogP contribution in [0, 0.1) is 13.8 Å². The smallest absolute Gasteiger partial charge is 0.119 e. The summed E-state index contributed by atoms with van der Waals surface area (Å²) >= 11 is 0. The molecule has 3 rings (SSSR count). The summed E-state index contributed by atoms with van der Waals surface area (Å²) in [5.41, 5.74) is 9.03. The minimum atomic E-state index is 0.583. The number of ether oxygens (including phenoxy) is 1. The van der Waals surface area contributed by atoms with Crippen LogP contribution in [0.1, 0.15) is 27.8 Å². The van der Waals surface area contributed by atoms with E-state index in [1.165, 1.54) is 22.3 Å². The lowest BCUT2D eigenvalue weighted by Crippen LogP contribution is -2.05. The second kappa shape index (κ2) is 8.86. The molecule has 0 fully saturated rings. The quantitative estimate of drug-likeness (QED) is 0.483. The van der Waals surface area contributed by atoms with E-state index in [1.807, 2.05) is 48.7 Å². The molecule has 0 unspecified atom stereocenters. The van der Waals surface area contributed by atoms with Gasteiger partial charge in [0.05, 0.1) is 12.8 Å². The van der Waals surface area contributed by atoms with Gasteiger partial charge in [-0.1, -0.05) is 54.1 Å². The Bertz CT molecular complexity index is 855. The lowest BCUT2D eigenvalue weighted by Gasteiger charge is -2.10. The molecule has 0 radical (unpaired) electrons. The van der Waals surface area contributed by atoms with Gasteiger partial charge in [0.15, 0.2) is 0 Å². The number of rotatable bonds is 7. The minimum absolute atomic E-state index is 0.583. The average molecular weight is 344 g/mol. The molecule has 0 amide bonds. The topological polar surface area (TPSA) is 33.6 Å². The first-order valence-corrected chi connectivity index (χ1v) is 8.79. The van der Waals surface area contributed by atoms with E-state index < -0.39 is 0 Å². The number of nitrogens with zero attached hydrogens (tertiary/aromatic N) is 1. The van der Waals surface area contributed by atoms with Crippen LogP contribution in [0.4, 0.5) is 0 Å². The first-order valence-electron chi connectivity index (χ1n) is 8.79. The van der Waals surface area contributed by atoms with Gasteiger partial charge in [-0.3, -0.25) is 0 Å². The van der Waals surface area contributed by atoms with Gasteiger partial charge < -0.3 is 10.2 Å². The molecule has 0 saturated heterocycles. The molecule has 0 aliphatic carbocycles. The maximum atomic E-state index is 5.91. The Labute approximate surface area is 155 Å². The fourth-order valence-electron chi connectivity index (χ4n) is 2.62. The summed E-state index contributed by atoms with van der Waals surface area (Å²) in [7, 11) is 0. The molecule has 0 saturated carbocycles. The Kier molecular flexibility index (Phi) is 6.05. The standard InChI is InChI=1S/C23H24N2O/c1-18-8-9-19(2)22(14-18)17-26-23-12-10-21(11-13-23)16-25-24-15-20-6-4-3-5-7-20/h3-14,16,24H,15,17H2,1-2H3. The highest BCUT2D eigenvalue weighted by Gasteiger charge is 2.01. The van der Waals surface area contributed by atoms with Gasteiger partial charge in [0.25, 0.3) is 0 Å². The maximum Gasteiger partial charge on any atom is 0.119 e. The molecule has 0 aliphatic rings. The number of hydrogen-bond donors (Lipinski definition) is 1. The zero-order valence-electron chi connectivity index (χ0n) is 15.3. The molecular weight excluding hydrogens is 320 g/mol. The van der Waals surface area contributed by atoms with E-state index in [9.17, 15) is 0 Å². The fraction of sp³-hybridized carbons (Fsp3) is 0.174. The van der Waals surface area contributed by atoms with Crippen molar-refractivity contribution in [3.8, 4) is 5.75 Å². The van der Waals surface area contributed by atoms with Crippen molar-refractivity contribution in [2.24, 2.45) is 5.10 Å². The second-order valence-electron chi connectivity index (χ2n) is 6.37. The number of aryl methyl sites for hydroxylation is 2. The van der Waals surface area contributed by atoms with Gasteiger partial charge in [-0.15, -0.1) is 0 Å². The molecular formula is C23H24N2O. The van der Waals surface area contributed by atoms with E-state index in [4.69, 9.17) is 4.74 Å². The fourth-order valence-corrected chi connectivity index (χ4v) is 2.62. The minimum Gasteiger partial charge on any atom is -0.489 e. The SMILES string of the molecule is Cc1ccc(C)c(COc2ccc(C=NNCc3ccccc3)cc2)c1. The van der Waals surface area contributed by atoms with Crippen LogP contribution in [0.3, 0.4) is 0 Å². The van der Waals surface area contributed by atoms with Crippen LogP contribution in [-0.2, 0) is 13.2 Å². The molecule has 0 atom stereocenters. The van der Waals surface area contributed by atoms with Gasteiger partial charge in [0, 0.05) is 0 Å². The van der Waals surface area contributed by atoms with E-state index in [0.717, 1.165) is 11.3 Å². The van der Waals surface area contributed by atoms with Crippen LogP contribution in [0.5, 0.6) is 5.75 Å². The van der Waals surface area contributed by atoms with Gasteiger partial charge in [0.1, 0.15) is 12.4 Å². The van der Waals surface area contributed by atoms with E-state index >= 15 is 0 Å². The Morgan fingerprint density at radius 3 is 2.46 bits per heavy atom.